The summed E-state index contributed by atoms with van der Waals surface area (Å²) < 4.78 is 10.2. The molecule has 2 rings (SSSR count). The minimum Gasteiger partial charge on any atom is -0.497 e. The molecule has 0 fully saturated rings. The highest BCUT2D eigenvalue weighted by atomic mass is 16.5. The van der Waals surface area contributed by atoms with E-state index in [9.17, 15) is 4.79 Å². The predicted molar refractivity (Wildman–Crippen MR) is 87.9 cm³/mol. The summed E-state index contributed by atoms with van der Waals surface area (Å²) in [4.78, 5) is 11.9. The molecule has 0 unspecified atom stereocenters. The van der Waals surface area contributed by atoms with E-state index in [2.05, 4.69) is 0 Å². The molecule has 3 heteroatoms. The number of methoxy groups -OCH3 is 1. The third-order valence-corrected chi connectivity index (χ3v) is 3.31. The Hall–Kier alpha value is -2.55. The Kier molecular flexibility index (Phi) is 5.37. The van der Waals surface area contributed by atoms with Gasteiger partial charge in [-0.25, -0.2) is 4.79 Å². The lowest BCUT2D eigenvalue weighted by Gasteiger charge is -2.10. The van der Waals surface area contributed by atoms with Gasteiger partial charge in [-0.15, -0.1) is 0 Å². The van der Waals surface area contributed by atoms with Crippen molar-refractivity contribution in [2.75, 3.05) is 13.7 Å². The zero-order chi connectivity index (χ0) is 15.9. The number of carbonyl (C=O) groups is 1. The van der Waals surface area contributed by atoms with Crippen molar-refractivity contribution in [3.05, 3.63) is 71.3 Å². The molecule has 0 heterocycles. The number of esters is 1. The number of hydrogen-bond acceptors (Lipinski definition) is 3. The quantitative estimate of drug-likeness (QED) is 0.618. The molecule has 0 saturated heterocycles. The van der Waals surface area contributed by atoms with Crippen LogP contribution in [0.2, 0.25) is 0 Å². The van der Waals surface area contributed by atoms with Gasteiger partial charge in [0.15, 0.2) is 0 Å². The van der Waals surface area contributed by atoms with E-state index in [1.165, 1.54) is 11.6 Å². The van der Waals surface area contributed by atoms with Gasteiger partial charge < -0.3 is 9.47 Å². The standard InChI is InChI=1S/C19H20O3/c1-4-22-19(20)13-18(15-7-5-14(2)6-8-15)16-9-11-17(21-3)12-10-16/h5-13H,4H2,1-3H3/b18-13+. The lowest BCUT2D eigenvalue weighted by atomic mass is 9.96. The molecule has 0 atom stereocenters. The number of rotatable bonds is 5. The van der Waals surface area contributed by atoms with Gasteiger partial charge in [0.25, 0.3) is 0 Å². The molecule has 114 valence electrons. The Bertz CT molecular complexity index is 652. The summed E-state index contributed by atoms with van der Waals surface area (Å²) in [5, 5.41) is 0. The first-order chi connectivity index (χ1) is 10.6. The van der Waals surface area contributed by atoms with Crippen molar-refractivity contribution in [3.63, 3.8) is 0 Å². The van der Waals surface area contributed by atoms with E-state index in [0.717, 1.165) is 22.4 Å². The van der Waals surface area contributed by atoms with Gasteiger partial charge in [0.2, 0.25) is 0 Å². The van der Waals surface area contributed by atoms with E-state index in [0.29, 0.717) is 6.61 Å². The van der Waals surface area contributed by atoms with Gasteiger partial charge in [0.1, 0.15) is 5.75 Å². The molecule has 0 aromatic heterocycles. The van der Waals surface area contributed by atoms with Crippen molar-refractivity contribution in [2.24, 2.45) is 0 Å². The Balaban J connectivity index is 2.44. The topological polar surface area (TPSA) is 35.5 Å². The monoisotopic (exact) mass is 296 g/mol. The number of carbonyl (C=O) groups excluding carboxylic acids is 1. The maximum atomic E-state index is 11.9. The molecule has 22 heavy (non-hydrogen) atoms. The van der Waals surface area contributed by atoms with Gasteiger partial charge in [-0.2, -0.15) is 0 Å². The Morgan fingerprint density at radius 2 is 1.55 bits per heavy atom. The lowest BCUT2D eigenvalue weighted by molar-refractivity contribution is -0.137. The van der Waals surface area contributed by atoms with Crippen molar-refractivity contribution in [1.82, 2.24) is 0 Å². The average molecular weight is 296 g/mol. The highest BCUT2D eigenvalue weighted by Crippen LogP contribution is 2.25. The summed E-state index contributed by atoms with van der Waals surface area (Å²) in [6.45, 7) is 4.19. The Labute approximate surface area is 131 Å². The van der Waals surface area contributed by atoms with Crippen LogP contribution in [0.3, 0.4) is 0 Å². The second-order valence-corrected chi connectivity index (χ2v) is 4.90. The smallest absolute Gasteiger partial charge is 0.331 e. The van der Waals surface area contributed by atoms with Gasteiger partial charge in [0, 0.05) is 6.08 Å². The summed E-state index contributed by atoms with van der Waals surface area (Å²) in [7, 11) is 1.63. The predicted octanol–water partition coefficient (Wildman–Crippen LogP) is 4.00. The Morgan fingerprint density at radius 3 is 2.05 bits per heavy atom. The van der Waals surface area contributed by atoms with Crippen LogP contribution < -0.4 is 4.74 Å². The van der Waals surface area contributed by atoms with Crippen LogP contribution in [0.4, 0.5) is 0 Å². The molecular formula is C19H20O3. The Morgan fingerprint density at radius 1 is 1.00 bits per heavy atom. The number of ether oxygens (including phenoxy) is 2. The van der Waals surface area contributed by atoms with Crippen LogP contribution in [0.1, 0.15) is 23.6 Å². The summed E-state index contributed by atoms with van der Waals surface area (Å²) in [5.41, 5.74) is 3.93. The highest BCUT2D eigenvalue weighted by Gasteiger charge is 2.09. The van der Waals surface area contributed by atoms with E-state index in [-0.39, 0.29) is 5.97 Å². The molecule has 2 aromatic rings. The molecule has 0 aliphatic rings. The zero-order valence-corrected chi connectivity index (χ0v) is 13.1. The van der Waals surface area contributed by atoms with E-state index >= 15 is 0 Å². The van der Waals surface area contributed by atoms with E-state index < -0.39 is 0 Å². The van der Waals surface area contributed by atoms with Crippen LogP contribution in [0.25, 0.3) is 5.57 Å². The molecule has 0 bridgehead atoms. The molecule has 2 aromatic carbocycles. The number of benzene rings is 2. The highest BCUT2D eigenvalue weighted by molar-refractivity contribution is 5.96. The van der Waals surface area contributed by atoms with Crippen LogP contribution in [0, 0.1) is 6.92 Å². The van der Waals surface area contributed by atoms with Gasteiger partial charge >= 0.3 is 5.97 Å². The van der Waals surface area contributed by atoms with Crippen LogP contribution in [-0.2, 0) is 9.53 Å². The lowest BCUT2D eigenvalue weighted by Crippen LogP contribution is -2.02. The first kappa shape index (κ1) is 15.8. The fourth-order valence-electron chi connectivity index (χ4n) is 2.14. The molecule has 0 aliphatic carbocycles. The maximum Gasteiger partial charge on any atom is 0.331 e. The molecular weight excluding hydrogens is 276 g/mol. The zero-order valence-electron chi connectivity index (χ0n) is 13.1. The average Bonchev–Trinajstić information content (AvgIpc) is 2.54. The molecule has 3 nitrogen and oxygen atoms in total. The minimum absolute atomic E-state index is 0.339. The molecule has 0 radical (unpaired) electrons. The van der Waals surface area contributed by atoms with Gasteiger partial charge in [-0.1, -0.05) is 42.0 Å². The van der Waals surface area contributed by atoms with Gasteiger partial charge in [-0.3, -0.25) is 0 Å². The number of hydrogen-bond donors (Lipinski definition) is 0. The molecule has 0 spiro atoms. The van der Waals surface area contributed by atoms with Gasteiger partial charge in [-0.05, 0) is 42.7 Å². The minimum atomic E-state index is -0.339. The molecule has 0 aliphatic heterocycles. The SMILES string of the molecule is CCOC(=O)/C=C(\c1ccc(C)cc1)c1ccc(OC)cc1. The van der Waals surface area contributed by atoms with E-state index in [1.807, 2.05) is 55.5 Å². The maximum absolute atomic E-state index is 11.9. The summed E-state index contributed by atoms with van der Waals surface area (Å²) in [5.74, 6) is 0.442. The third-order valence-electron chi connectivity index (χ3n) is 3.31. The third kappa shape index (κ3) is 3.98. The normalized spacial score (nSPS) is 11.1. The fraction of sp³-hybridized carbons (Fsp3) is 0.211. The van der Waals surface area contributed by atoms with Crippen molar-refractivity contribution < 1.29 is 14.3 Å². The van der Waals surface area contributed by atoms with Crippen molar-refractivity contribution in [1.29, 1.82) is 0 Å². The first-order valence-electron chi connectivity index (χ1n) is 7.24. The number of aryl methyl sites for hydroxylation is 1. The summed E-state index contributed by atoms with van der Waals surface area (Å²) in [6.07, 6.45) is 1.54. The van der Waals surface area contributed by atoms with Crippen LogP contribution in [0.5, 0.6) is 5.75 Å². The van der Waals surface area contributed by atoms with Crippen LogP contribution in [0.15, 0.2) is 54.6 Å². The fourth-order valence-corrected chi connectivity index (χ4v) is 2.14. The van der Waals surface area contributed by atoms with Crippen LogP contribution in [-0.4, -0.2) is 19.7 Å². The van der Waals surface area contributed by atoms with Gasteiger partial charge in [0.05, 0.1) is 13.7 Å². The molecule has 0 N–H and O–H groups in total. The summed E-state index contributed by atoms with van der Waals surface area (Å²) in [6, 6.07) is 15.7. The first-order valence-corrected chi connectivity index (χ1v) is 7.24. The second kappa shape index (κ2) is 7.46. The summed E-state index contributed by atoms with van der Waals surface area (Å²) >= 11 is 0. The van der Waals surface area contributed by atoms with E-state index in [4.69, 9.17) is 9.47 Å². The van der Waals surface area contributed by atoms with Crippen molar-refractivity contribution in [3.8, 4) is 5.75 Å². The molecule has 0 saturated carbocycles. The largest absolute Gasteiger partial charge is 0.497 e. The van der Waals surface area contributed by atoms with Crippen molar-refractivity contribution in [2.45, 2.75) is 13.8 Å². The van der Waals surface area contributed by atoms with E-state index in [1.54, 1.807) is 14.0 Å². The van der Waals surface area contributed by atoms with Crippen LogP contribution >= 0.6 is 0 Å². The second-order valence-electron chi connectivity index (χ2n) is 4.90. The molecule has 0 amide bonds. The van der Waals surface area contributed by atoms with Crippen molar-refractivity contribution >= 4 is 11.5 Å².